The van der Waals surface area contributed by atoms with Crippen molar-refractivity contribution in [2.45, 2.75) is 25.8 Å². The number of amides is 2. The van der Waals surface area contributed by atoms with Crippen LogP contribution in [-0.4, -0.2) is 60.0 Å². The SMILES string of the molecule is Cc1cccc(N2CCN(C(=O)CC[C@H](NC(=O)c3ccccc3)C(=O)O)CC2)c1. The van der Waals surface area contributed by atoms with E-state index in [0.29, 0.717) is 18.7 Å². The van der Waals surface area contributed by atoms with Crippen LogP contribution in [0.3, 0.4) is 0 Å². The Bertz CT molecular complexity index is 892. The molecule has 158 valence electrons. The summed E-state index contributed by atoms with van der Waals surface area (Å²) in [5, 5.41) is 11.9. The third-order valence-corrected chi connectivity index (χ3v) is 5.29. The molecule has 0 unspecified atom stereocenters. The van der Waals surface area contributed by atoms with E-state index in [4.69, 9.17) is 0 Å². The van der Waals surface area contributed by atoms with Gasteiger partial charge in [-0.3, -0.25) is 9.59 Å². The number of hydrogen-bond donors (Lipinski definition) is 2. The highest BCUT2D eigenvalue weighted by molar-refractivity contribution is 5.96. The maximum absolute atomic E-state index is 12.6. The number of carbonyl (C=O) groups excluding carboxylic acids is 2. The van der Waals surface area contributed by atoms with E-state index in [1.54, 1.807) is 35.2 Å². The fourth-order valence-electron chi connectivity index (χ4n) is 3.55. The molecule has 0 aliphatic carbocycles. The number of carboxylic acids is 1. The van der Waals surface area contributed by atoms with Gasteiger partial charge in [0.1, 0.15) is 6.04 Å². The van der Waals surface area contributed by atoms with Crippen molar-refractivity contribution in [3.63, 3.8) is 0 Å². The molecule has 7 heteroatoms. The molecule has 0 bridgehead atoms. The van der Waals surface area contributed by atoms with Crippen molar-refractivity contribution in [2.75, 3.05) is 31.1 Å². The van der Waals surface area contributed by atoms with Crippen LogP contribution in [0.15, 0.2) is 54.6 Å². The summed E-state index contributed by atoms with van der Waals surface area (Å²) in [7, 11) is 0. The quantitative estimate of drug-likeness (QED) is 0.732. The first-order chi connectivity index (χ1) is 14.4. The van der Waals surface area contributed by atoms with Crippen LogP contribution in [0.5, 0.6) is 0 Å². The van der Waals surface area contributed by atoms with Gasteiger partial charge in [0.15, 0.2) is 0 Å². The largest absolute Gasteiger partial charge is 0.480 e. The van der Waals surface area contributed by atoms with E-state index in [9.17, 15) is 19.5 Å². The van der Waals surface area contributed by atoms with E-state index >= 15 is 0 Å². The summed E-state index contributed by atoms with van der Waals surface area (Å²) in [6.45, 7) is 4.73. The van der Waals surface area contributed by atoms with Gasteiger partial charge in [-0.05, 0) is 43.2 Å². The number of nitrogens with one attached hydrogen (secondary N) is 1. The highest BCUT2D eigenvalue weighted by atomic mass is 16.4. The molecule has 2 aromatic carbocycles. The molecule has 1 aliphatic rings. The summed E-state index contributed by atoms with van der Waals surface area (Å²) in [6.07, 6.45) is 0.140. The van der Waals surface area contributed by atoms with Gasteiger partial charge >= 0.3 is 5.97 Å². The van der Waals surface area contributed by atoms with Crippen LogP contribution in [0, 0.1) is 6.92 Å². The normalized spacial score (nSPS) is 14.8. The molecule has 2 amide bonds. The fourth-order valence-corrected chi connectivity index (χ4v) is 3.55. The molecule has 3 rings (SSSR count). The Morgan fingerprint density at radius 3 is 2.33 bits per heavy atom. The molecule has 0 aromatic heterocycles. The molecule has 0 spiro atoms. The van der Waals surface area contributed by atoms with Crippen molar-refractivity contribution in [3.8, 4) is 0 Å². The molecule has 1 atom stereocenters. The predicted octanol–water partition coefficient (Wildman–Crippen LogP) is 2.31. The van der Waals surface area contributed by atoms with Gasteiger partial charge in [-0.25, -0.2) is 4.79 Å². The number of anilines is 1. The topological polar surface area (TPSA) is 90.0 Å². The van der Waals surface area contributed by atoms with Crippen molar-refractivity contribution in [3.05, 3.63) is 65.7 Å². The maximum atomic E-state index is 12.6. The average Bonchev–Trinajstić information content (AvgIpc) is 2.76. The minimum atomic E-state index is -1.14. The second-order valence-electron chi connectivity index (χ2n) is 7.48. The Labute approximate surface area is 176 Å². The van der Waals surface area contributed by atoms with Gasteiger partial charge in [-0.15, -0.1) is 0 Å². The van der Waals surface area contributed by atoms with E-state index in [0.717, 1.165) is 18.8 Å². The number of nitrogens with zero attached hydrogens (tertiary/aromatic N) is 2. The molecule has 2 aromatic rings. The first kappa shape index (κ1) is 21.4. The number of aryl methyl sites for hydroxylation is 1. The van der Waals surface area contributed by atoms with Crippen molar-refractivity contribution >= 4 is 23.5 Å². The van der Waals surface area contributed by atoms with Crippen LogP contribution < -0.4 is 10.2 Å². The van der Waals surface area contributed by atoms with Crippen LogP contribution >= 0.6 is 0 Å². The van der Waals surface area contributed by atoms with Gasteiger partial charge in [0.25, 0.3) is 5.91 Å². The lowest BCUT2D eigenvalue weighted by atomic mass is 10.1. The van der Waals surface area contributed by atoms with Crippen LogP contribution in [-0.2, 0) is 9.59 Å². The van der Waals surface area contributed by atoms with Gasteiger partial charge in [-0.1, -0.05) is 30.3 Å². The molecular formula is C23H27N3O4. The molecule has 7 nitrogen and oxygen atoms in total. The molecule has 0 radical (unpaired) electrons. The Kier molecular flexibility index (Phi) is 7.06. The lowest BCUT2D eigenvalue weighted by Gasteiger charge is -2.36. The molecular weight excluding hydrogens is 382 g/mol. The zero-order valence-electron chi connectivity index (χ0n) is 17.1. The first-order valence-electron chi connectivity index (χ1n) is 10.1. The Balaban J connectivity index is 1.49. The summed E-state index contributed by atoms with van der Waals surface area (Å²) < 4.78 is 0. The van der Waals surface area contributed by atoms with Gasteiger partial charge in [0, 0.05) is 43.9 Å². The Morgan fingerprint density at radius 2 is 1.70 bits per heavy atom. The number of hydrogen-bond acceptors (Lipinski definition) is 4. The fraction of sp³-hybridized carbons (Fsp3) is 0.348. The minimum Gasteiger partial charge on any atom is -0.480 e. The third kappa shape index (κ3) is 5.59. The second-order valence-corrected chi connectivity index (χ2v) is 7.48. The summed E-state index contributed by atoms with van der Waals surface area (Å²) in [6, 6.07) is 15.6. The van der Waals surface area contributed by atoms with Crippen LogP contribution in [0.1, 0.15) is 28.8 Å². The zero-order valence-corrected chi connectivity index (χ0v) is 17.1. The highest BCUT2D eigenvalue weighted by Gasteiger charge is 2.25. The van der Waals surface area contributed by atoms with Crippen LogP contribution in [0.2, 0.25) is 0 Å². The summed E-state index contributed by atoms with van der Waals surface area (Å²) >= 11 is 0. The van der Waals surface area contributed by atoms with E-state index in [1.807, 2.05) is 6.07 Å². The predicted molar refractivity (Wildman–Crippen MR) is 115 cm³/mol. The average molecular weight is 409 g/mol. The van der Waals surface area contributed by atoms with Crippen molar-refractivity contribution in [2.24, 2.45) is 0 Å². The van der Waals surface area contributed by atoms with E-state index in [-0.39, 0.29) is 18.7 Å². The highest BCUT2D eigenvalue weighted by Crippen LogP contribution is 2.18. The molecule has 1 aliphatic heterocycles. The van der Waals surface area contributed by atoms with Crippen molar-refractivity contribution in [1.82, 2.24) is 10.2 Å². The Hall–Kier alpha value is -3.35. The number of aliphatic carboxylic acids is 1. The second kappa shape index (κ2) is 9.91. The van der Waals surface area contributed by atoms with Gasteiger partial charge < -0.3 is 20.2 Å². The molecule has 1 heterocycles. The van der Waals surface area contributed by atoms with Crippen molar-refractivity contribution < 1.29 is 19.5 Å². The number of carboxylic acid groups (broad SMARTS) is 1. The molecule has 30 heavy (non-hydrogen) atoms. The van der Waals surface area contributed by atoms with Gasteiger partial charge in [-0.2, -0.15) is 0 Å². The Morgan fingerprint density at radius 1 is 1.00 bits per heavy atom. The van der Waals surface area contributed by atoms with E-state index in [1.165, 1.54) is 5.56 Å². The zero-order chi connectivity index (χ0) is 21.5. The third-order valence-electron chi connectivity index (χ3n) is 5.29. The van der Waals surface area contributed by atoms with Gasteiger partial charge in [0.2, 0.25) is 5.91 Å². The van der Waals surface area contributed by atoms with Gasteiger partial charge in [0.05, 0.1) is 0 Å². The standard InChI is InChI=1S/C23H27N3O4/c1-17-6-5-9-19(16-17)25-12-14-26(15-13-25)21(27)11-10-20(23(29)30)24-22(28)18-7-3-2-4-8-18/h2-9,16,20H,10-15H2,1H3,(H,24,28)(H,29,30)/t20-/m0/s1. The van der Waals surface area contributed by atoms with Crippen LogP contribution in [0.25, 0.3) is 0 Å². The monoisotopic (exact) mass is 409 g/mol. The molecule has 1 saturated heterocycles. The smallest absolute Gasteiger partial charge is 0.326 e. The molecule has 2 N–H and O–H groups in total. The van der Waals surface area contributed by atoms with Crippen LogP contribution in [0.4, 0.5) is 5.69 Å². The minimum absolute atomic E-state index is 0.0604. The first-order valence-corrected chi connectivity index (χ1v) is 10.1. The number of benzene rings is 2. The lowest BCUT2D eigenvalue weighted by molar-refractivity contribution is -0.139. The summed E-state index contributed by atoms with van der Waals surface area (Å²) in [5.41, 5.74) is 2.74. The summed E-state index contributed by atoms with van der Waals surface area (Å²) in [4.78, 5) is 40.4. The number of rotatable bonds is 7. The summed E-state index contributed by atoms with van der Waals surface area (Å²) in [5.74, 6) is -1.68. The van der Waals surface area contributed by atoms with E-state index in [2.05, 4.69) is 35.3 Å². The lowest BCUT2D eigenvalue weighted by Crippen LogP contribution is -2.49. The van der Waals surface area contributed by atoms with Crippen molar-refractivity contribution in [1.29, 1.82) is 0 Å². The number of piperazine rings is 1. The van der Waals surface area contributed by atoms with E-state index < -0.39 is 17.9 Å². The molecule has 1 fully saturated rings. The number of carbonyl (C=O) groups is 3. The molecule has 0 saturated carbocycles. The maximum Gasteiger partial charge on any atom is 0.326 e.